The van der Waals surface area contributed by atoms with Crippen LogP contribution >= 0.6 is 0 Å². The maximum atomic E-state index is 7.66. The molecule has 0 saturated heterocycles. The lowest BCUT2D eigenvalue weighted by Gasteiger charge is -2.46. The van der Waals surface area contributed by atoms with Crippen molar-refractivity contribution in [2.45, 2.75) is 105 Å². The smallest absolute Gasteiger partial charge is 0.297 e. The molecule has 12 aromatic rings. The third-order valence-corrected chi connectivity index (χ3v) is 17.4. The maximum Gasteiger partial charge on any atom is 0.297 e. The van der Waals surface area contributed by atoms with Crippen molar-refractivity contribution in [3.63, 3.8) is 0 Å². The zero-order valence-electron chi connectivity index (χ0n) is 47.4. The first-order valence-electron chi connectivity index (χ1n) is 28.2. The van der Waals surface area contributed by atoms with Gasteiger partial charge in [-0.3, -0.25) is 0 Å². The Morgan fingerprint density at radius 1 is 0.380 bits per heavy atom. The molecular formula is C72H65BN4O2. The highest BCUT2D eigenvalue weighted by molar-refractivity contribution is 7.00. The average Bonchev–Trinajstić information content (AvgIpc) is 3.23. The topological polar surface area (TPSA) is 40.9 Å². The van der Waals surface area contributed by atoms with Crippen molar-refractivity contribution in [2.24, 2.45) is 0 Å². The molecule has 6 nitrogen and oxygen atoms in total. The van der Waals surface area contributed by atoms with Crippen molar-refractivity contribution in [2.75, 3.05) is 14.7 Å². The number of hydrogen-bond donors (Lipinski definition) is 0. The SMILES string of the molecule is CC(C)(C)c1cc2c3c(c1)-n1c4ccc(C(C)(C)C)cc4c4cc(C(C)(C)C)cc(c41)N3c1cc(N(c3ccccc3)c3ccccc3)cc3c1B2c1oc2ccc(C(C)(C)C)cc2c1N3c1cccc2oc3ccccc3c12. The van der Waals surface area contributed by atoms with Crippen LogP contribution in [0, 0.1) is 0 Å². The number of rotatable bonds is 4. The first kappa shape index (κ1) is 47.8. The molecule has 6 heterocycles. The normalized spacial score (nSPS) is 14.0. The van der Waals surface area contributed by atoms with Gasteiger partial charge < -0.3 is 28.1 Å². The molecule has 79 heavy (non-hydrogen) atoms. The van der Waals surface area contributed by atoms with Crippen molar-refractivity contribution in [3.8, 4) is 5.69 Å². The van der Waals surface area contributed by atoms with Crippen LogP contribution < -0.4 is 31.3 Å². The molecule has 0 atom stereocenters. The summed E-state index contributed by atoms with van der Waals surface area (Å²) >= 11 is 0. The van der Waals surface area contributed by atoms with Gasteiger partial charge in [0.15, 0.2) is 0 Å². The van der Waals surface area contributed by atoms with E-state index >= 15 is 0 Å². The highest BCUT2D eigenvalue weighted by atomic mass is 16.3. The zero-order valence-corrected chi connectivity index (χ0v) is 47.4. The molecule has 0 unspecified atom stereocenters. The van der Waals surface area contributed by atoms with Gasteiger partial charge in [-0.15, -0.1) is 0 Å². The van der Waals surface area contributed by atoms with Gasteiger partial charge in [0.25, 0.3) is 6.71 Å². The molecule has 0 bridgehead atoms. The second kappa shape index (κ2) is 16.1. The van der Waals surface area contributed by atoms with Gasteiger partial charge >= 0.3 is 0 Å². The van der Waals surface area contributed by atoms with E-state index in [9.17, 15) is 0 Å². The van der Waals surface area contributed by atoms with E-state index < -0.39 is 0 Å². The summed E-state index contributed by atoms with van der Waals surface area (Å²) in [5.41, 5.74) is 24.1. The fraction of sp³-hybridized carbons (Fsp3) is 0.222. The van der Waals surface area contributed by atoms with Gasteiger partial charge in [0.05, 0.1) is 56.2 Å². The van der Waals surface area contributed by atoms with Gasteiger partial charge in [0, 0.05) is 44.3 Å². The molecule has 9 aromatic carbocycles. The van der Waals surface area contributed by atoms with E-state index in [1.54, 1.807) is 0 Å². The summed E-state index contributed by atoms with van der Waals surface area (Å²) in [4.78, 5) is 7.66. The number of anilines is 9. The van der Waals surface area contributed by atoms with Gasteiger partial charge in [0.2, 0.25) is 0 Å². The summed E-state index contributed by atoms with van der Waals surface area (Å²) in [6, 6.07) is 65.9. The summed E-state index contributed by atoms with van der Waals surface area (Å²) in [5.74, 6) is 0. The van der Waals surface area contributed by atoms with Gasteiger partial charge in [-0.05, 0) is 152 Å². The lowest BCUT2D eigenvalue weighted by molar-refractivity contribution is 0.589. The van der Waals surface area contributed by atoms with Crippen LogP contribution in [0.3, 0.4) is 0 Å². The third kappa shape index (κ3) is 6.90. The molecule has 0 spiro atoms. The third-order valence-electron chi connectivity index (χ3n) is 17.4. The largest absolute Gasteiger partial charge is 0.468 e. The van der Waals surface area contributed by atoms with Gasteiger partial charge in [-0.1, -0.05) is 162 Å². The molecule has 0 saturated carbocycles. The molecule has 3 aliphatic rings. The Kier molecular flexibility index (Phi) is 9.74. The Morgan fingerprint density at radius 2 is 0.924 bits per heavy atom. The minimum Gasteiger partial charge on any atom is -0.468 e. The van der Waals surface area contributed by atoms with E-state index in [2.05, 4.69) is 278 Å². The molecule has 0 aliphatic carbocycles. The first-order chi connectivity index (χ1) is 37.7. The van der Waals surface area contributed by atoms with Crippen LogP contribution in [-0.4, -0.2) is 11.3 Å². The lowest BCUT2D eigenvalue weighted by Crippen LogP contribution is -2.61. The monoisotopic (exact) mass is 1030 g/mol. The van der Waals surface area contributed by atoms with Crippen molar-refractivity contribution >= 4 is 129 Å². The number of nitrogens with zero attached hydrogens (tertiary/aromatic N) is 4. The molecule has 0 amide bonds. The molecule has 7 heteroatoms. The second-order valence-corrected chi connectivity index (χ2v) is 26.7. The van der Waals surface area contributed by atoms with Gasteiger partial charge in [0.1, 0.15) is 16.7 Å². The van der Waals surface area contributed by atoms with E-state index in [1.807, 2.05) is 0 Å². The van der Waals surface area contributed by atoms with Crippen LogP contribution in [0.5, 0.6) is 0 Å². The fourth-order valence-corrected chi connectivity index (χ4v) is 13.3. The van der Waals surface area contributed by atoms with E-state index in [-0.39, 0.29) is 28.4 Å². The van der Waals surface area contributed by atoms with Gasteiger partial charge in [-0.25, -0.2) is 0 Å². The molecule has 0 fully saturated rings. The van der Waals surface area contributed by atoms with Gasteiger partial charge in [-0.2, -0.15) is 0 Å². The van der Waals surface area contributed by atoms with Crippen molar-refractivity contribution in [3.05, 3.63) is 198 Å². The van der Waals surface area contributed by atoms with Crippen molar-refractivity contribution in [1.29, 1.82) is 0 Å². The fourth-order valence-electron chi connectivity index (χ4n) is 13.3. The Morgan fingerprint density at radius 3 is 1.58 bits per heavy atom. The van der Waals surface area contributed by atoms with E-state index in [4.69, 9.17) is 8.83 Å². The van der Waals surface area contributed by atoms with Crippen molar-refractivity contribution in [1.82, 2.24) is 4.57 Å². The molecular weight excluding hydrogens is 964 g/mol. The maximum absolute atomic E-state index is 7.66. The Bertz CT molecular complexity index is 4510. The number of fused-ring (bicyclic) bond motifs is 14. The quantitative estimate of drug-likeness (QED) is 0.164. The molecule has 388 valence electrons. The van der Waals surface area contributed by atoms with E-state index in [1.165, 1.54) is 72.0 Å². The molecule has 0 radical (unpaired) electrons. The van der Waals surface area contributed by atoms with Crippen LogP contribution in [0.4, 0.5) is 51.2 Å². The highest BCUT2D eigenvalue weighted by Gasteiger charge is 2.50. The number of furan rings is 2. The Labute approximate surface area is 463 Å². The molecule has 0 N–H and O–H groups in total. The number of benzene rings is 9. The number of para-hydroxylation sites is 3. The summed E-state index contributed by atoms with van der Waals surface area (Å²) in [6.07, 6.45) is 0. The molecule has 3 aromatic heterocycles. The molecule has 3 aliphatic heterocycles. The molecule has 15 rings (SSSR count). The van der Waals surface area contributed by atoms with E-state index in [0.29, 0.717) is 0 Å². The van der Waals surface area contributed by atoms with E-state index in [0.717, 1.165) is 78.4 Å². The second-order valence-electron chi connectivity index (χ2n) is 26.7. The summed E-state index contributed by atoms with van der Waals surface area (Å²) < 4.78 is 17.1. The summed E-state index contributed by atoms with van der Waals surface area (Å²) in [6.45, 7) is 27.8. The minimum absolute atomic E-state index is 0.0405. The Balaban J connectivity index is 1.17. The minimum atomic E-state index is -0.289. The number of hydrogen-bond acceptors (Lipinski definition) is 5. The lowest BCUT2D eigenvalue weighted by atomic mass is 9.35. The summed E-state index contributed by atoms with van der Waals surface area (Å²) in [7, 11) is 0. The Hall–Kier alpha value is -8.42. The predicted molar refractivity (Wildman–Crippen MR) is 335 cm³/mol. The summed E-state index contributed by atoms with van der Waals surface area (Å²) in [5, 5.41) is 5.78. The van der Waals surface area contributed by atoms with Crippen LogP contribution in [0.2, 0.25) is 0 Å². The van der Waals surface area contributed by atoms with Crippen LogP contribution in [0.15, 0.2) is 185 Å². The predicted octanol–water partition coefficient (Wildman–Crippen LogP) is 18.5. The number of aromatic nitrogens is 1. The van der Waals surface area contributed by atoms with Crippen LogP contribution in [0.25, 0.3) is 60.4 Å². The van der Waals surface area contributed by atoms with Crippen molar-refractivity contribution < 1.29 is 8.83 Å². The standard InChI is InChI=1S/C72H65BN4O2/c1-69(2,3)42-30-32-54-50(34-42)51-36-44(71(7,8)9)38-58-65(51)75(54)59-39-45(72(10,11)12)37-53-67(59)77(58)57-41-48(74(46-22-15-13-16-23-46)47-24-17-14-18-25-47)40-56-64(57)73(53)68-66(52-35-43(70(4,5)6)31-33-61(52)79-68)76(56)55-27-21-29-62-63(55)49-26-19-20-28-60(49)78-62/h13-41H,1-12H3. The zero-order chi connectivity index (χ0) is 54.4. The highest BCUT2D eigenvalue weighted by Crippen LogP contribution is 2.57. The van der Waals surface area contributed by atoms with Crippen LogP contribution in [-0.2, 0) is 21.7 Å². The first-order valence-corrected chi connectivity index (χ1v) is 28.2. The van der Waals surface area contributed by atoms with Crippen LogP contribution in [0.1, 0.15) is 105 Å². The average molecular weight is 1030 g/mol.